The lowest BCUT2D eigenvalue weighted by Crippen LogP contribution is -2.35. The zero-order chi connectivity index (χ0) is 14.3. The van der Waals surface area contributed by atoms with E-state index in [2.05, 4.69) is 10.4 Å². The molecule has 20 heavy (non-hydrogen) atoms. The average Bonchev–Trinajstić information content (AvgIpc) is 3.19. The third-order valence-corrected chi connectivity index (χ3v) is 4.16. The molecule has 2 fully saturated rings. The van der Waals surface area contributed by atoms with Gasteiger partial charge >= 0.3 is 0 Å². The number of carbonyl (C=O) groups excluding carboxylic acids is 1. The van der Waals surface area contributed by atoms with E-state index >= 15 is 0 Å². The molecule has 1 aromatic rings. The molecule has 1 aliphatic carbocycles. The molecule has 3 rings (SSSR count). The summed E-state index contributed by atoms with van der Waals surface area (Å²) in [6.45, 7) is 1.32. The molecule has 0 bridgehead atoms. The predicted molar refractivity (Wildman–Crippen MR) is 75.9 cm³/mol. The molecule has 0 radical (unpaired) electrons. The van der Waals surface area contributed by atoms with E-state index in [0.717, 1.165) is 12.8 Å². The molecule has 1 atom stereocenters. The molecule has 1 aromatic heterocycles. The topological polar surface area (TPSA) is 67.2 Å². The van der Waals surface area contributed by atoms with E-state index in [9.17, 15) is 9.59 Å². The lowest BCUT2D eigenvalue weighted by atomic mass is 10.2. The molecular weight excluding hydrogens is 280 g/mol. The third kappa shape index (κ3) is 2.52. The number of amides is 1. The highest BCUT2D eigenvalue weighted by Crippen LogP contribution is 2.30. The van der Waals surface area contributed by atoms with Crippen LogP contribution in [0.2, 0.25) is 5.02 Å². The van der Waals surface area contributed by atoms with Crippen LogP contribution < -0.4 is 10.9 Å². The standard InChI is InChI=1S/C13H17ClN4O2/c1-17-5-4-10(12(17)19)16-11-9(14)6-15-18(13(11)20)7-8-2-3-8/h6,8,10,16H,2-5,7H2,1H3. The Hall–Kier alpha value is -1.56. The number of likely N-dealkylation sites (tertiary alicyclic amines) is 1. The molecule has 1 aliphatic heterocycles. The fourth-order valence-corrected chi connectivity index (χ4v) is 2.58. The van der Waals surface area contributed by atoms with Gasteiger partial charge in [-0.25, -0.2) is 4.68 Å². The van der Waals surface area contributed by atoms with E-state index in [-0.39, 0.29) is 28.2 Å². The number of aromatic nitrogens is 2. The van der Waals surface area contributed by atoms with E-state index in [1.165, 1.54) is 10.9 Å². The summed E-state index contributed by atoms with van der Waals surface area (Å²) in [5.74, 6) is 0.541. The van der Waals surface area contributed by atoms with E-state index in [1.807, 2.05) is 0 Å². The maximum atomic E-state index is 12.4. The second-order valence-corrected chi connectivity index (χ2v) is 5.95. The van der Waals surface area contributed by atoms with Gasteiger partial charge in [-0.05, 0) is 25.2 Å². The minimum atomic E-state index is -0.373. The quantitative estimate of drug-likeness (QED) is 0.898. The van der Waals surface area contributed by atoms with Gasteiger partial charge in [-0.15, -0.1) is 0 Å². The van der Waals surface area contributed by atoms with Gasteiger partial charge in [-0.1, -0.05) is 11.6 Å². The monoisotopic (exact) mass is 296 g/mol. The van der Waals surface area contributed by atoms with Gasteiger partial charge in [0.2, 0.25) is 5.91 Å². The van der Waals surface area contributed by atoms with Crippen LogP contribution >= 0.6 is 11.6 Å². The summed E-state index contributed by atoms with van der Waals surface area (Å²) in [6.07, 6.45) is 4.43. The first kappa shape index (κ1) is 13.4. The van der Waals surface area contributed by atoms with Crippen LogP contribution in [0.5, 0.6) is 0 Å². The summed E-state index contributed by atoms with van der Waals surface area (Å²) in [5.41, 5.74) is 0.0442. The van der Waals surface area contributed by atoms with Gasteiger partial charge in [-0.3, -0.25) is 9.59 Å². The predicted octanol–water partition coefficient (Wildman–Crippen LogP) is 0.949. The van der Waals surface area contributed by atoms with Crippen molar-refractivity contribution in [3.63, 3.8) is 0 Å². The lowest BCUT2D eigenvalue weighted by Gasteiger charge is -2.15. The minimum absolute atomic E-state index is 0.00831. The van der Waals surface area contributed by atoms with Gasteiger partial charge in [0.25, 0.3) is 5.56 Å². The molecule has 108 valence electrons. The molecule has 0 aromatic carbocycles. The van der Waals surface area contributed by atoms with Crippen LogP contribution in [0.3, 0.4) is 0 Å². The van der Waals surface area contributed by atoms with Gasteiger partial charge in [0.15, 0.2) is 0 Å². The van der Waals surface area contributed by atoms with Crippen molar-refractivity contribution >= 4 is 23.2 Å². The van der Waals surface area contributed by atoms with Crippen LogP contribution in [0, 0.1) is 5.92 Å². The maximum Gasteiger partial charge on any atom is 0.291 e. The van der Waals surface area contributed by atoms with Crippen LogP contribution in [0.1, 0.15) is 19.3 Å². The van der Waals surface area contributed by atoms with Crippen LogP contribution in [-0.4, -0.2) is 40.2 Å². The Labute approximate surface area is 121 Å². The molecule has 0 spiro atoms. The summed E-state index contributed by atoms with van der Waals surface area (Å²) in [6, 6.07) is -0.373. The Morgan fingerprint density at radius 2 is 2.15 bits per heavy atom. The second-order valence-electron chi connectivity index (χ2n) is 5.54. The Morgan fingerprint density at radius 3 is 2.75 bits per heavy atom. The van der Waals surface area contributed by atoms with Crippen molar-refractivity contribution < 1.29 is 4.79 Å². The Bertz CT molecular complexity index is 597. The van der Waals surface area contributed by atoms with Crippen molar-refractivity contribution in [3.8, 4) is 0 Å². The molecule has 1 N–H and O–H groups in total. The summed E-state index contributed by atoms with van der Waals surface area (Å²) in [4.78, 5) is 25.9. The van der Waals surface area contributed by atoms with Crippen LogP contribution in [0.15, 0.2) is 11.0 Å². The lowest BCUT2D eigenvalue weighted by molar-refractivity contribution is -0.127. The normalized spacial score (nSPS) is 22.4. The van der Waals surface area contributed by atoms with E-state index in [1.54, 1.807) is 11.9 Å². The first-order valence-corrected chi connectivity index (χ1v) is 7.21. The molecule has 1 saturated heterocycles. The molecule has 2 heterocycles. The van der Waals surface area contributed by atoms with Gasteiger partial charge in [-0.2, -0.15) is 5.10 Å². The summed E-state index contributed by atoms with van der Waals surface area (Å²) in [7, 11) is 1.75. The zero-order valence-electron chi connectivity index (χ0n) is 11.3. The van der Waals surface area contributed by atoms with Crippen LogP contribution in [0.4, 0.5) is 5.69 Å². The fraction of sp³-hybridized carbons (Fsp3) is 0.615. The Morgan fingerprint density at radius 1 is 1.40 bits per heavy atom. The van der Waals surface area contributed by atoms with E-state index < -0.39 is 0 Å². The highest BCUT2D eigenvalue weighted by Gasteiger charge is 2.30. The summed E-state index contributed by atoms with van der Waals surface area (Å²) < 4.78 is 1.44. The third-order valence-electron chi connectivity index (χ3n) is 3.87. The van der Waals surface area contributed by atoms with Crippen LogP contribution in [-0.2, 0) is 11.3 Å². The molecule has 2 aliphatic rings. The number of halogens is 1. The number of likely N-dealkylation sites (N-methyl/N-ethyl adjacent to an activating group) is 1. The van der Waals surface area contributed by atoms with Gasteiger partial charge in [0, 0.05) is 20.1 Å². The molecular formula is C13H17ClN4O2. The number of anilines is 1. The van der Waals surface area contributed by atoms with Crippen molar-refractivity contribution in [2.24, 2.45) is 5.92 Å². The minimum Gasteiger partial charge on any atom is -0.368 e. The highest BCUT2D eigenvalue weighted by atomic mass is 35.5. The van der Waals surface area contributed by atoms with Gasteiger partial charge < -0.3 is 10.2 Å². The number of nitrogens with one attached hydrogen (secondary N) is 1. The smallest absolute Gasteiger partial charge is 0.291 e. The first-order valence-electron chi connectivity index (χ1n) is 6.83. The van der Waals surface area contributed by atoms with E-state index in [4.69, 9.17) is 11.6 Å². The van der Waals surface area contributed by atoms with Gasteiger partial charge in [0.05, 0.1) is 11.2 Å². The Balaban J connectivity index is 1.84. The molecule has 1 amide bonds. The number of nitrogens with zero attached hydrogens (tertiary/aromatic N) is 3. The average molecular weight is 297 g/mol. The number of hydrogen-bond acceptors (Lipinski definition) is 4. The van der Waals surface area contributed by atoms with Crippen molar-refractivity contribution in [3.05, 3.63) is 21.6 Å². The number of carbonyl (C=O) groups is 1. The highest BCUT2D eigenvalue weighted by molar-refractivity contribution is 6.33. The number of hydrogen-bond donors (Lipinski definition) is 1. The van der Waals surface area contributed by atoms with Crippen LogP contribution in [0.25, 0.3) is 0 Å². The van der Waals surface area contributed by atoms with Crippen molar-refractivity contribution in [1.82, 2.24) is 14.7 Å². The van der Waals surface area contributed by atoms with Crippen molar-refractivity contribution in [1.29, 1.82) is 0 Å². The summed E-state index contributed by atoms with van der Waals surface area (Å²) in [5, 5.41) is 7.33. The second kappa shape index (κ2) is 5.09. The number of rotatable bonds is 4. The van der Waals surface area contributed by atoms with Crippen molar-refractivity contribution in [2.75, 3.05) is 18.9 Å². The zero-order valence-corrected chi connectivity index (χ0v) is 12.1. The molecule has 7 heteroatoms. The maximum absolute atomic E-state index is 12.4. The Kier molecular flexibility index (Phi) is 3.41. The van der Waals surface area contributed by atoms with Crippen molar-refractivity contribution in [2.45, 2.75) is 31.8 Å². The molecule has 6 nitrogen and oxygen atoms in total. The SMILES string of the molecule is CN1CCC(Nc2c(Cl)cnn(CC3CC3)c2=O)C1=O. The summed E-state index contributed by atoms with van der Waals surface area (Å²) >= 11 is 6.05. The fourth-order valence-electron chi connectivity index (χ4n) is 2.40. The molecule has 1 unspecified atom stereocenters. The van der Waals surface area contributed by atoms with Gasteiger partial charge in [0.1, 0.15) is 11.7 Å². The van der Waals surface area contributed by atoms with E-state index in [0.29, 0.717) is 25.4 Å². The molecule has 1 saturated carbocycles. The largest absolute Gasteiger partial charge is 0.368 e. The first-order chi connectivity index (χ1) is 9.56.